The maximum Gasteiger partial charge on any atom is 0.228 e. The number of nitrogens with one attached hydrogen (secondary N) is 1. The number of piperidine rings is 1. The lowest BCUT2D eigenvalue weighted by Crippen LogP contribution is -2.37. The number of amides is 1. The Morgan fingerprint density at radius 1 is 1.24 bits per heavy atom. The lowest BCUT2D eigenvalue weighted by atomic mass is 9.97. The van der Waals surface area contributed by atoms with Gasteiger partial charge in [0.15, 0.2) is 5.82 Å². The number of carbonyl (C=O) groups excluding carboxylic acids is 1. The Morgan fingerprint density at radius 2 is 1.92 bits per heavy atom. The quantitative estimate of drug-likeness (QED) is 0.803. The maximum absolute atomic E-state index is 12.0. The van der Waals surface area contributed by atoms with Crippen LogP contribution in [-0.4, -0.2) is 54.7 Å². The van der Waals surface area contributed by atoms with Crippen LogP contribution in [0.2, 0.25) is 0 Å². The molecule has 1 aromatic heterocycles. The first-order valence-corrected chi connectivity index (χ1v) is 10.8. The fourth-order valence-corrected chi connectivity index (χ4v) is 4.48. The number of hydrogen-bond acceptors (Lipinski definition) is 6. The Hall–Kier alpha value is -1.48. The van der Waals surface area contributed by atoms with Crippen LogP contribution in [0, 0.1) is 5.92 Å². The summed E-state index contributed by atoms with van der Waals surface area (Å²) in [5, 5.41) is 6.98. The Bertz CT molecular complexity index is 689. The van der Waals surface area contributed by atoms with Gasteiger partial charge in [-0.15, -0.1) is 0 Å². The van der Waals surface area contributed by atoms with E-state index in [0.29, 0.717) is 50.6 Å². The van der Waals surface area contributed by atoms with Crippen LogP contribution in [0.5, 0.6) is 0 Å². The van der Waals surface area contributed by atoms with Gasteiger partial charge in [-0.25, -0.2) is 12.7 Å². The number of sulfonamides is 1. The average Bonchev–Trinajstić information content (AvgIpc) is 3.26. The summed E-state index contributed by atoms with van der Waals surface area (Å²) in [4.78, 5) is 16.4. The van der Waals surface area contributed by atoms with Crippen molar-refractivity contribution in [2.75, 3.05) is 25.9 Å². The highest BCUT2D eigenvalue weighted by atomic mass is 32.2. The van der Waals surface area contributed by atoms with E-state index in [1.807, 2.05) is 0 Å². The zero-order valence-corrected chi connectivity index (χ0v) is 15.4. The average molecular weight is 370 g/mol. The lowest BCUT2D eigenvalue weighted by molar-refractivity contribution is -0.124. The molecule has 25 heavy (non-hydrogen) atoms. The molecule has 0 spiro atoms. The molecule has 0 aromatic carbocycles. The SMILES string of the molecule is CS(=O)(=O)N1CCC(c2noc(CCNC(=O)C3CCCC3)n2)CC1. The van der Waals surface area contributed by atoms with Gasteiger partial charge in [-0.3, -0.25) is 4.79 Å². The number of hydrogen-bond donors (Lipinski definition) is 1. The van der Waals surface area contributed by atoms with Gasteiger partial charge in [0.05, 0.1) is 6.26 Å². The molecule has 9 heteroatoms. The highest BCUT2D eigenvalue weighted by Gasteiger charge is 2.28. The molecule has 3 rings (SSSR count). The molecule has 1 aromatic rings. The summed E-state index contributed by atoms with van der Waals surface area (Å²) < 4.78 is 29.9. The molecule has 1 aliphatic carbocycles. The molecule has 2 heterocycles. The van der Waals surface area contributed by atoms with Crippen LogP contribution in [0.4, 0.5) is 0 Å². The zero-order valence-electron chi connectivity index (χ0n) is 14.6. The minimum Gasteiger partial charge on any atom is -0.355 e. The van der Waals surface area contributed by atoms with Gasteiger partial charge in [0.25, 0.3) is 0 Å². The van der Waals surface area contributed by atoms with Crippen LogP contribution in [-0.2, 0) is 21.2 Å². The van der Waals surface area contributed by atoms with E-state index < -0.39 is 10.0 Å². The second kappa shape index (κ2) is 7.82. The van der Waals surface area contributed by atoms with Crippen molar-refractivity contribution >= 4 is 15.9 Å². The second-order valence-corrected chi connectivity index (χ2v) is 8.99. The van der Waals surface area contributed by atoms with Gasteiger partial charge in [0, 0.05) is 37.9 Å². The molecule has 1 aliphatic heterocycles. The molecule has 0 bridgehead atoms. The van der Waals surface area contributed by atoms with Crippen LogP contribution in [0.25, 0.3) is 0 Å². The molecule has 1 N–H and O–H groups in total. The predicted octanol–water partition coefficient (Wildman–Crippen LogP) is 1.06. The Balaban J connectivity index is 1.44. The van der Waals surface area contributed by atoms with E-state index in [9.17, 15) is 13.2 Å². The van der Waals surface area contributed by atoms with Gasteiger partial charge in [-0.2, -0.15) is 4.98 Å². The molecular formula is C16H26N4O4S. The van der Waals surface area contributed by atoms with Crippen molar-refractivity contribution < 1.29 is 17.7 Å². The van der Waals surface area contributed by atoms with E-state index in [4.69, 9.17) is 4.52 Å². The first kappa shape index (κ1) is 18.3. The lowest BCUT2D eigenvalue weighted by Gasteiger charge is -2.28. The van der Waals surface area contributed by atoms with E-state index in [1.54, 1.807) is 0 Å². The molecule has 1 amide bonds. The van der Waals surface area contributed by atoms with Crippen molar-refractivity contribution in [3.63, 3.8) is 0 Å². The summed E-state index contributed by atoms with van der Waals surface area (Å²) in [7, 11) is -3.12. The summed E-state index contributed by atoms with van der Waals surface area (Å²) in [5.41, 5.74) is 0. The van der Waals surface area contributed by atoms with Crippen LogP contribution in [0.15, 0.2) is 4.52 Å². The summed E-state index contributed by atoms with van der Waals surface area (Å²) >= 11 is 0. The molecule has 2 aliphatic rings. The summed E-state index contributed by atoms with van der Waals surface area (Å²) in [6.07, 6.45) is 7.42. The van der Waals surface area contributed by atoms with Gasteiger partial charge >= 0.3 is 0 Å². The van der Waals surface area contributed by atoms with Gasteiger partial charge in [0.2, 0.25) is 21.8 Å². The smallest absolute Gasteiger partial charge is 0.228 e. The molecule has 140 valence electrons. The molecule has 1 saturated carbocycles. The first-order chi connectivity index (χ1) is 11.9. The van der Waals surface area contributed by atoms with Crippen molar-refractivity contribution in [2.24, 2.45) is 5.92 Å². The van der Waals surface area contributed by atoms with E-state index >= 15 is 0 Å². The monoisotopic (exact) mass is 370 g/mol. The predicted molar refractivity (Wildman–Crippen MR) is 91.4 cm³/mol. The highest BCUT2D eigenvalue weighted by molar-refractivity contribution is 7.88. The van der Waals surface area contributed by atoms with E-state index in [2.05, 4.69) is 15.5 Å². The van der Waals surface area contributed by atoms with Crippen molar-refractivity contribution in [3.8, 4) is 0 Å². The van der Waals surface area contributed by atoms with Crippen molar-refractivity contribution in [1.29, 1.82) is 0 Å². The molecule has 2 fully saturated rings. The molecule has 8 nitrogen and oxygen atoms in total. The molecular weight excluding hydrogens is 344 g/mol. The fraction of sp³-hybridized carbons (Fsp3) is 0.812. The Labute approximate surface area is 148 Å². The minimum absolute atomic E-state index is 0.128. The third-order valence-corrected chi connectivity index (χ3v) is 6.44. The first-order valence-electron chi connectivity index (χ1n) is 8.99. The normalized spacial score (nSPS) is 20.8. The number of carbonyl (C=O) groups is 1. The minimum atomic E-state index is -3.12. The number of aromatic nitrogens is 2. The molecule has 0 radical (unpaired) electrons. The Kier molecular flexibility index (Phi) is 5.73. The molecule has 0 unspecified atom stereocenters. The summed E-state index contributed by atoms with van der Waals surface area (Å²) in [6.45, 7) is 1.49. The topological polar surface area (TPSA) is 105 Å². The maximum atomic E-state index is 12.0. The molecule has 1 saturated heterocycles. The Morgan fingerprint density at radius 3 is 2.56 bits per heavy atom. The fourth-order valence-electron chi connectivity index (χ4n) is 3.61. The van der Waals surface area contributed by atoms with Gasteiger partial charge in [-0.05, 0) is 25.7 Å². The standard InChI is InChI=1S/C16H26N4O4S/c1-25(22,23)20-10-7-12(8-11-20)15-18-14(24-19-15)6-9-17-16(21)13-4-2-3-5-13/h12-13H,2-11H2,1H3,(H,17,21). The van der Waals surface area contributed by atoms with Crippen LogP contribution in [0.3, 0.4) is 0 Å². The van der Waals surface area contributed by atoms with E-state index in [0.717, 1.165) is 25.7 Å². The van der Waals surface area contributed by atoms with Crippen LogP contribution in [0.1, 0.15) is 56.2 Å². The zero-order chi connectivity index (χ0) is 17.9. The second-order valence-electron chi connectivity index (χ2n) is 7.01. The van der Waals surface area contributed by atoms with Gasteiger partial charge < -0.3 is 9.84 Å². The van der Waals surface area contributed by atoms with Crippen molar-refractivity contribution in [1.82, 2.24) is 19.8 Å². The van der Waals surface area contributed by atoms with Crippen LogP contribution < -0.4 is 5.32 Å². The summed E-state index contributed by atoms with van der Waals surface area (Å²) in [6, 6.07) is 0. The molecule has 0 atom stereocenters. The third kappa shape index (κ3) is 4.78. The largest absolute Gasteiger partial charge is 0.355 e. The van der Waals surface area contributed by atoms with E-state index in [-0.39, 0.29) is 17.7 Å². The highest BCUT2D eigenvalue weighted by Crippen LogP contribution is 2.27. The van der Waals surface area contributed by atoms with Crippen LogP contribution >= 0.6 is 0 Å². The summed E-state index contributed by atoms with van der Waals surface area (Å²) in [5.74, 6) is 1.59. The third-order valence-electron chi connectivity index (χ3n) is 5.14. The van der Waals surface area contributed by atoms with E-state index in [1.165, 1.54) is 10.6 Å². The van der Waals surface area contributed by atoms with Gasteiger partial charge in [-0.1, -0.05) is 18.0 Å². The van der Waals surface area contributed by atoms with Crippen molar-refractivity contribution in [2.45, 2.75) is 50.9 Å². The number of rotatable bonds is 6. The van der Waals surface area contributed by atoms with Gasteiger partial charge in [0.1, 0.15) is 0 Å². The van der Waals surface area contributed by atoms with Crippen molar-refractivity contribution in [3.05, 3.63) is 11.7 Å². The number of nitrogens with zero attached hydrogens (tertiary/aromatic N) is 3.